The average Bonchev–Trinajstić information content (AvgIpc) is 2.26. The molecule has 1 aromatic carbocycles. The monoisotopic (exact) mass is 222 g/mol. The van der Waals surface area contributed by atoms with Crippen molar-refractivity contribution in [1.29, 1.82) is 0 Å². The maximum absolute atomic E-state index is 11.6. The summed E-state index contributed by atoms with van der Waals surface area (Å²) in [5.41, 5.74) is 2.93. The molecule has 1 rings (SSSR count). The molecule has 0 aliphatic carbocycles. The number of ether oxygens (including phenoxy) is 1. The van der Waals surface area contributed by atoms with Crippen LogP contribution in [-0.4, -0.2) is 27.2 Å². The van der Waals surface area contributed by atoms with Gasteiger partial charge in [-0.1, -0.05) is 6.07 Å². The summed E-state index contributed by atoms with van der Waals surface area (Å²) >= 11 is 0. The van der Waals surface area contributed by atoms with Crippen molar-refractivity contribution < 1.29 is 9.53 Å². The lowest BCUT2D eigenvalue weighted by Crippen LogP contribution is -2.35. The van der Waals surface area contributed by atoms with Crippen LogP contribution >= 0.6 is 0 Å². The zero-order valence-corrected chi connectivity index (χ0v) is 10.4. The van der Waals surface area contributed by atoms with E-state index in [-0.39, 0.29) is 6.03 Å². The zero-order valence-electron chi connectivity index (χ0n) is 10.4. The third kappa shape index (κ3) is 2.27. The molecular formula is C12H18N2O2. The predicted molar refractivity (Wildman–Crippen MR) is 65.3 cm³/mol. The van der Waals surface area contributed by atoms with Crippen molar-refractivity contribution in [3.8, 4) is 5.75 Å². The van der Waals surface area contributed by atoms with E-state index in [9.17, 15) is 4.79 Å². The third-order valence-electron chi connectivity index (χ3n) is 2.48. The molecule has 1 aromatic rings. The molecule has 0 radical (unpaired) electrons. The zero-order chi connectivity index (χ0) is 12.3. The molecule has 0 saturated heterocycles. The molecule has 0 aromatic heterocycles. The van der Waals surface area contributed by atoms with E-state index in [1.54, 1.807) is 26.1 Å². The number of hydrogen-bond donors (Lipinski definition) is 1. The third-order valence-corrected chi connectivity index (χ3v) is 2.48. The largest absolute Gasteiger partial charge is 0.495 e. The number of carbonyl (C=O) groups excluding carboxylic acids is 1. The first-order chi connectivity index (χ1) is 7.51. The molecule has 2 amide bonds. The number of urea groups is 1. The van der Waals surface area contributed by atoms with Gasteiger partial charge in [0.1, 0.15) is 5.75 Å². The van der Waals surface area contributed by atoms with E-state index >= 15 is 0 Å². The summed E-state index contributed by atoms with van der Waals surface area (Å²) in [5, 5.41) is 2.59. The fourth-order valence-electron chi connectivity index (χ4n) is 1.78. The second kappa shape index (κ2) is 4.88. The fraction of sp³-hybridized carbons (Fsp3) is 0.417. The van der Waals surface area contributed by atoms with Crippen molar-refractivity contribution in [2.24, 2.45) is 0 Å². The molecule has 0 bridgehead atoms. The van der Waals surface area contributed by atoms with E-state index < -0.39 is 0 Å². The molecule has 0 aliphatic heterocycles. The number of aryl methyl sites for hydroxylation is 2. The first-order valence-corrected chi connectivity index (χ1v) is 5.12. The molecule has 0 unspecified atom stereocenters. The van der Waals surface area contributed by atoms with Crippen LogP contribution in [0.4, 0.5) is 10.5 Å². The summed E-state index contributed by atoms with van der Waals surface area (Å²) in [6.45, 7) is 3.96. The number of hydrogen-bond acceptors (Lipinski definition) is 2. The summed E-state index contributed by atoms with van der Waals surface area (Å²) in [6, 6.07) is 3.78. The molecule has 16 heavy (non-hydrogen) atoms. The van der Waals surface area contributed by atoms with Gasteiger partial charge in [0.25, 0.3) is 0 Å². The van der Waals surface area contributed by atoms with E-state index in [1.807, 2.05) is 26.0 Å². The van der Waals surface area contributed by atoms with Gasteiger partial charge in [-0.3, -0.25) is 4.90 Å². The van der Waals surface area contributed by atoms with E-state index in [0.29, 0.717) is 5.75 Å². The van der Waals surface area contributed by atoms with Crippen molar-refractivity contribution >= 4 is 11.7 Å². The van der Waals surface area contributed by atoms with Crippen molar-refractivity contribution in [1.82, 2.24) is 5.32 Å². The van der Waals surface area contributed by atoms with Crippen molar-refractivity contribution in [2.75, 3.05) is 26.1 Å². The lowest BCUT2D eigenvalue weighted by atomic mass is 10.1. The maximum atomic E-state index is 11.6. The van der Waals surface area contributed by atoms with Gasteiger partial charge in [0.15, 0.2) is 0 Å². The van der Waals surface area contributed by atoms with Crippen LogP contribution in [0.2, 0.25) is 0 Å². The normalized spacial score (nSPS) is 9.81. The lowest BCUT2D eigenvalue weighted by molar-refractivity contribution is 0.249. The number of rotatable bonds is 2. The number of anilines is 1. The fourth-order valence-corrected chi connectivity index (χ4v) is 1.78. The summed E-state index contributed by atoms with van der Waals surface area (Å²) in [7, 11) is 4.93. The first kappa shape index (κ1) is 12.4. The molecule has 0 saturated carbocycles. The maximum Gasteiger partial charge on any atom is 0.321 e. The summed E-state index contributed by atoms with van der Waals surface area (Å²) in [5.74, 6) is 0.712. The van der Waals surface area contributed by atoms with Crippen molar-refractivity contribution in [3.63, 3.8) is 0 Å². The Morgan fingerprint density at radius 3 is 2.50 bits per heavy atom. The highest BCUT2D eigenvalue weighted by atomic mass is 16.5. The Morgan fingerprint density at radius 2 is 2.00 bits per heavy atom. The van der Waals surface area contributed by atoms with Crippen LogP contribution in [0.3, 0.4) is 0 Å². The lowest BCUT2D eigenvalue weighted by Gasteiger charge is -2.22. The minimum absolute atomic E-state index is 0.162. The van der Waals surface area contributed by atoms with Gasteiger partial charge in [-0.25, -0.2) is 4.79 Å². The highest BCUT2D eigenvalue weighted by Crippen LogP contribution is 2.32. The molecule has 1 N–H and O–H groups in total. The van der Waals surface area contributed by atoms with Gasteiger partial charge in [-0.15, -0.1) is 0 Å². The Bertz CT molecular complexity index is 402. The van der Waals surface area contributed by atoms with E-state index in [0.717, 1.165) is 16.8 Å². The highest BCUT2D eigenvalue weighted by molar-refractivity contribution is 5.93. The van der Waals surface area contributed by atoms with Crippen molar-refractivity contribution in [3.05, 3.63) is 23.3 Å². The van der Waals surface area contributed by atoms with Crippen LogP contribution in [0.15, 0.2) is 12.1 Å². The van der Waals surface area contributed by atoms with Gasteiger partial charge in [0.2, 0.25) is 0 Å². The SMILES string of the molecule is CNC(=O)N(C)c1c(C)cc(C)cc1OC. The summed E-state index contributed by atoms with van der Waals surface area (Å²) in [4.78, 5) is 13.1. The van der Waals surface area contributed by atoms with Crippen LogP contribution in [0, 0.1) is 13.8 Å². The van der Waals surface area contributed by atoms with Gasteiger partial charge in [0, 0.05) is 14.1 Å². The Morgan fingerprint density at radius 1 is 1.38 bits per heavy atom. The number of carbonyl (C=O) groups is 1. The van der Waals surface area contributed by atoms with Gasteiger partial charge < -0.3 is 10.1 Å². The number of nitrogens with zero attached hydrogens (tertiary/aromatic N) is 1. The number of amides is 2. The van der Waals surface area contributed by atoms with Gasteiger partial charge in [0.05, 0.1) is 12.8 Å². The van der Waals surface area contributed by atoms with Gasteiger partial charge >= 0.3 is 6.03 Å². The first-order valence-electron chi connectivity index (χ1n) is 5.12. The predicted octanol–water partition coefficient (Wildman–Crippen LogP) is 2.09. The smallest absolute Gasteiger partial charge is 0.321 e. The number of methoxy groups -OCH3 is 1. The van der Waals surface area contributed by atoms with E-state index in [1.165, 1.54) is 0 Å². The molecule has 0 fully saturated rings. The Labute approximate surface area is 96.2 Å². The van der Waals surface area contributed by atoms with E-state index in [4.69, 9.17) is 4.74 Å². The van der Waals surface area contributed by atoms with Gasteiger partial charge in [-0.2, -0.15) is 0 Å². The summed E-state index contributed by atoms with van der Waals surface area (Å²) in [6.07, 6.45) is 0. The second-order valence-electron chi connectivity index (χ2n) is 3.75. The molecule has 88 valence electrons. The number of nitrogens with one attached hydrogen (secondary N) is 1. The Kier molecular flexibility index (Phi) is 3.77. The quantitative estimate of drug-likeness (QED) is 0.832. The van der Waals surface area contributed by atoms with Crippen LogP contribution in [0.1, 0.15) is 11.1 Å². The Balaban J connectivity index is 3.26. The minimum atomic E-state index is -0.162. The molecule has 4 nitrogen and oxygen atoms in total. The Hall–Kier alpha value is -1.71. The topological polar surface area (TPSA) is 41.6 Å². The van der Waals surface area contributed by atoms with Crippen LogP contribution < -0.4 is 15.0 Å². The molecular weight excluding hydrogens is 204 g/mol. The standard InChI is InChI=1S/C12H18N2O2/c1-8-6-9(2)11(10(7-8)16-5)14(4)12(15)13-3/h6-7H,1-5H3,(H,13,15). The van der Waals surface area contributed by atoms with Crippen LogP contribution in [-0.2, 0) is 0 Å². The van der Waals surface area contributed by atoms with Crippen LogP contribution in [0.25, 0.3) is 0 Å². The van der Waals surface area contributed by atoms with Crippen LogP contribution in [0.5, 0.6) is 5.75 Å². The van der Waals surface area contributed by atoms with Gasteiger partial charge in [-0.05, 0) is 31.0 Å². The summed E-state index contributed by atoms with van der Waals surface area (Å²) < 4.78 is 5.30. The molecule has 4 heteroatoms. The minimum Gasteiger partial charge on any atom is -0.495 e. The second-order valence-corrected chi connectivity index (χ2v) is 3.75. The molecule has 0 aliphatic rings. The molecule has 0 spiro atoms. The highest BCUT2D eigenvalue weighted by Gasteiger charge is 2.16. The van der Waals surface area contributed by atoms with E-state index in [2.05, 4.69) is 5.32 Å². The van der Waals surface area contributed by atoms with Crippen molar-refractivity contribution in [2.45, 2.75) is 13.8 Å². The average molecular weight is 222 g/mol. The number of benzene rings is 1. The molecule has 0 heterocycles. The molecule has 0 atom stereocenters.